The molecular weight excluding hydrogens is 413 g/mol. The second-order valence-electron chi connectivity index (χ2n) is 7.80. The Morgan fingerprint density at radius 1 is 0.818 bits per heavy atom. The molecule has 0 radical (unpaired) electrons. The largest absolute Gasteiger partial charge is 0.489 e. The fourth-order valence-electron chi connectivity index (χ4n) is 3.74. The number of ether oxygens (including phenoxy) is 1. The van der Waals surface area contributed by atoms with Crippen LogP contribution in [0.3, 0.4) is 0 Å². The molecule has 0 fully saturated rings. The maximum Gasteiger partial charge on any atom is 0.123 e. The molecule has 5 aromatic rings. The zero-order valence-electron chi connectivity index (χ0n) is 18.1. The van der Waals surface area contributed by atoms with Crippen LogP contribution in [0, 0.1) is 5.82 Å². The van der Waals surface area contributed by atoms with E-state index >= 15 is 0 Å². The normalized spacial score (nSPS) is 10.8. The molecule has 0 saturated carbocycles. The Labute approximate surface area is 191 Å². The summed E-state index contributed by atoms with van der Waals surface area (Å²) in [5, 5.41) is 4.70. The molecule has 2 heterocycles. The van der Waals surface area contributed by atoms with Crippen molar-refractivity contribution < 1.29 is 9.13 Å². The summed E-state index contributed by atoms with van der Waals surface area (Å²) in [6.07, 6.45) is 3.76. The van der Waals surface area contributed by atoms with E-state index in [1.54, 1.807) is 18.3 Å². The van der Waals surface area contributed by atoms with E-state index in [4.69, 9.17) is 9.84 Å². The van der Waals surface area contributed by atoms with E-state index in [2.05, 4.69) is 4.98 Å². The van der Waals surface area contributed by atoms with Crippen LogP contribution >= 0.6 is 0 Å². The monoisotopic (exact) mass is 435 g/mol. The van der Waals surface area contributed by atoms with Gasteiger partial charge in [0, 0.05) is 36.1 Å². The minimum Gasteiger partial charge on any atom is -0.489 e. The maximum absolute atomic E-state index is 13.3. The predicted octanol–water partition coefficient (Wildman–Crippen LogP) is 6.53. The van der Waals surface area contributed by atoms with Gasteiger partial charge in [-0.05, 0) is 59.7 Å². The Morgan fingerprint density at radius 2 is 1.55 bits per heavy atom. The quantitative estimate of drug-likeness (QED) is 0.304. The summed E-state index contributed by atoms with van der Waals surface area (Å²) in [6.45, 7) is 0.529. The average Bonchev–Trinajstić information content (AvgIpc) is 3.26. The Balaban J connectivity index is 1.41. The Hall–Kier alpha value is -4.25. The highest BCUT2D eigenvalue weighted by Gasteiger charge is 2.14. The van der Waals surface area contributed by atoms with Crippen LogP contribution in [0.15, 0.2) is 103 Å². The van der Waals surface area contributed by atoms with Gasteiger partial charge in [0.1, 0.15) is 23.9 Å². The van der Waals surface area contributed by atoms with E-state index in [0.717, 1.165) is 45.0 Å². The van der Waals surface area contributed by atoms with Crippen LogP contribution in [-0.4, -0.2) is 14.8 Å². The number of benzene rings is 3. The third kappa shape index (κ3) is 4.67. The molecule has 5 heteroatoms. The first-order valence-electron chi connectivity index (χ1n) is 10.7. The van der Waals surface area contributed by atoms with Crippen molar-refractivity contribution in [3.8, 4) is 39.4 Å². The average molecular weight is 436 g/mol. The first-order chi connectivity index (χ1) is 16.2. The SMILES string of the molecule is Cn1cc(-c2ccc(OCc3ccccc3)cc2)c(-c2ccnc(-c3ccc(F)cc3)c2)n1. The van der Waals surface area contributed by atoms with Crippen LogP contribution in [0.5, 0.6) is 5.75 Å². The summed E-state index contributed by atoms with van der Waals surface area (Å²) in [5.41, 5.74) is 6.63. The van der Waals surface area contributed by atoms with Crippen molar-refractivity contribution in [2.45, 2.75) is 6.61 Å². The highest BCUT2D eigenvalue weighted by molar-refractivity contribution is 5.82. The van der Waals surface area contributed by atoms with Crippen LogP contribution in [0.1, 0.15) is 5.56 Å². The number of hydrogen-bond donors (Lipinski definition) is 0. The maximum atomic E-state index is 13.3. The van der Waals surface area contributed by atoms with Gasteiger partial charge in [-0.3, -0.25) is 9.67 Å². The molecule has 0 saturated heterocycles. The molecule has 0 amide bonds. The summed E-state index contributed by atoms with van der Waals surface area (Å²) >= 11 is 0. The molecule has 0 unspecified atom stereocenters. The van der Waals surface area contributed by atoms with Gasteiger partial charge in [-0.15, -0.1) is 0 Å². The molecule has 3 aromatic carbocycles. The second-order valence-corrected chi connectivity index (χ2v) is 7.80. The Kier molecular flexibility index (Phi) is 5.68. The first kappa shape index (κ1) is 20.6. The van der Waals surface area contributed by atoms with Crippen LogP contribution in [-0.2, 0) is 13.7 Å². The van der Waals surface area contributed by atoms with Gasteiger partial charge in [0.2, 0.25) is 0 Å². The zero-order chi connectivity index (χ0) is 22.6. The van der Waals surface area contributed by atoms with E-state index in [1.807, 2.05) is 84.7 Å². The molecular formula is C28H22FN3O. The van der Waals surface area contributed by atoms with Gasteiger partial charge in [-0.25, -0.2) is 4.39 Å². The standard InChI is InChI=1S/C28H22FN3O/c1-32-18-26(21-9-13-25(14-10-21)33-19-20-5-3-2-4-6-20)28(31-32)23-15-16-30-27(17-23)22-7-11-24(29)12-8-22/h2-18H,19H2,1H3. The second kappa shape index (κ2) is 9.09. The van der Waals surface area contributed by atoms with E-state index in [0.29, 0.717) is 6.61 Å². The lowest BCUT2D eigenvalue weighted by Crippen LogP contribution is -1.94. The van der Waals surface area contributed by atoms with Gasteiger partial charge in [-0.1, -0.05) is 42.5 Å². The van der Waals surface area contributed by atoms with Crippen molar-refractivity contribution in [1.82, 2.24) is 14.8 Å². The van der Waals surface area contributed by atoms with Crippen LogP contribution in [0.2, 0.25) is 0 Å². The molecule has 2 aromatic heterocycles. The van der Waals surface area contributed by atoms with E-state index < -0.39 is 0 Å². The topological polar surface area (TPSA) is 39.9 Å². The minimum atomic E-state index is -0.266. The Bertz CT molecular complexity index is 1360. The first-order valence-corrected chi connectivity index (χ1v) is 10.7. The van der Waals surface area contributed by atoms with Crippen molar-refractivity contribution in [1.29, 1.82) is 0 Å². The summed E-state index contributed by atoms with van der Waals surface area (Å²) in [4.78, 5) is 4.46. The molecule has 4 nitrogen and oxygen atoms in total. The van der Waals surface area contributed by atoms with E-state index in [9.17, 15) is 4.39 Å². The van der Waals surface area contributed by atoms with Crippen LogP contribution in [0.4, 0.5) is 4.39 Å². The van der Waals surface area contributed by atoms with Crippen molar-refractivity contribution in [2.24, 2.45) is 7.05 Å². The molecule has 0 aliphatic rings. The van der Waals surface area contributed by atoms with Gasteiger partial charge in [-0.2, -0.15) is 5.10 Å². The van der Waals surface area contributed by atoms with E-state index in [1.165, 1.54) is 12.1 Å². The van der Waals surface area contributed by atoms with Gasteiger partial charge in [0.05, 0.1) is 5.69 Å². The number of halogens is 1. The fourth-order valence-corrected chi connectivity index (χ4v) is 3.74. The zero-order valence-corrected chi connectivity index (χ0v) is 18.1. The predicted molar refractivity (Wildman–Crippen MR) is 128 cm³/mol. The summed E-state index contributed by atoms with van der Waals surface area (Å²) < 4.78 is 21.0. The van der Waals surface area contributed by atoms with Crippen molar-refractivity contribution in [3.63, 3.8) is 0 Å². The number of pyridine rings is 1. The molecule has 0 atom stereocenters. The summed E-state index contributed by atoms with van der Waals surface area (Å²) in [6, 6.07) is 28.4. The third-order valence-corrected chi connectivity index (χ3v) is 5.42. The fraction of sp³-hybridized carbons (Fsp3) is 0.0714. The Morgan fingerprint density at radius 3 is 2.30 bits per heavy atom. The molecule has 33 heavy (non-hydrogen) atoms. The highest BCUT2D eigenvalue weighted by Crippen LogP contribution is 2.33. The molecule has 0 aliphatic heterocycles. The smallest absolute Gasteiger partial charge is 0.123 e. The van der Waals surface area contributed by atoms with Crippen LogP contribution < -0.4 is 4.74 Å². The number of aryl methyl sites for hydroxylation is 1. The van der Waals surface area contributed by atoms with Gasteiger partial charge < -0.3 is 4.74 Å². The minimum absolute atomic E-state index is 0.266. The molecule has 0 N–H and O–H groups in total. The molecule has 0 bridgehead atoms. The van der Waals surface area contributed by atoms with Gasteiger partial charge >= 0.3 is 0 Å². The van der Waals surface area contributed by atoms with Crippen LogP contribution in [0.25, 0.3) is 33.6 Å². The third-order valence-electron chi connectivity index (χ3n) is 5.42. The van der Waals surface area contributed by atoms with E-state index in [-0.39, 0.29) is 5.82 Å². The summed E-state index contributed by atoms with van der Waals surface area (Å²) in [5.74, 6) is 0.550. The molecule has 162 valence electrons. The van der Waals surface area contributed by atoms with Gasteiger partial charge in [0.25, 0.3) is 0 Å². The van der Waals surface area contributed by atoms with Gasteiger partial charge in [0.15, 0.2) is 0 Å². The molecule has 5 rings (SSSR count). The lowest BCUT2D eigenvalue weighted by Gasteiger charge is -2.08. The molecule has 0 spiro atoms. The number of nitrogens with zero attached hydrogens (tertiary/aromatic N) is 3. The van der Waals surface area contributed by atoms with Crippen molar-refractivity contribution in [3.05, 3.63) is 115 Å². The number of hydrogen-bond acceptors (Lipinski definition) is 3. The lowest BCUT2D eigenvalue weighted by molar-refractivity contribution is 0.306. The highest BCUT2D eigenvalue weighted by atomic mass is 19.1. The number of rotatable bonds is 6. The lowest BCUT2D eigenvalue weighted by atomic mass is 10.0. The molecule has 0 aliphatic carbocycles. The van der Waals surface area contributed by atoms with Crippen molar-refractivity contribution >= 4 is 0 Å². The van der Waals surface area contributed by atoms with Crippen molar-refractivity contribution in [2.75, 3.05) is 0 Å². The summed E-state index contributed by atoms with van der Waals surface area (Å²) in [7, 11) is 1.91. The number of aromatic nitrogens is 3.